The van der Waals surface area contributed by atoms with Crippen LogP contribution in [0.3, 0.4) is 0 Å². The lowest BCUT2D eigenvalue weighted by molar-refractivity contribution is -0.147. The van der Waals surface area contributed by atoms with E-state index in [-0.39, 0.29) is 73.1 Å². The Kier molecular flexibility index (Phi) is 42.3. The van der Waals surface area contributed by atoms with Crippen molar-refractivity contribution in [3.63, 3.8) is 0 Å². The quantitative estimate of drug-likeness (QED) is 0.00424. The molecule has 3 fully saturated rings. The number of benzene rings is 5. The monoisotopic (exact) mass is 2120 g/mol. The second kappa shape index (κ2) is 52.0. The van der Waals surface area contributed by atoms with Gasteiger partial charge in [0.1, 0.15) is 100 Å². The van der Waals surface area contributed by atoms with Crippen LogP contribution >= 0.6 is 31.0 Å². The molecule has 0 amide bonds. The van der Waals surface area contributed by atoms with Crippen molar-refractivity contribution in [1.82, 2.24) is 49.0 Å². The summed E-state index contributed by atoms with van der Waals surface area (Å²) in [6.07, 6.45) is -8.60. The number of nitrogens with zero attached hydrogens (tertiary/aromatic N) is 6. The number of hydrogen-bond acceptors (Lipinski definition) is 35. The van der Waals surface area contributed by atoms with Gasteiger partial charge in [-0.15, -0.1) is 0 Å². The van der Waals surface area contributed by atoms with E-state index >= 15 is 0 Å². The average molecular weight is 2120 g/mol. The number of aliphatic hydroxyl groups excluding tert-OH is 3. The summed E-state index contributed by atoms with van der Waals surface area (Å²) in [7, 11) is -18.5. The first kappa shape index (κ1) is 118. The van der Waals surface area contributed by atoms with Crippen molar-refractivity contribution in [3.05, 3.63) is 250 Å². The number of nitrogens with one attached hydrogen (secondary N) is 7. The van der Waals surface area contributed by atoms with E-state index in [2.05, 4.69) is 40.9 Å². The number of aromatic amines is 3. The van der Waals surface area contributed by atoms with Gasteiger partial charge in [-0.25, -0.2) is 45.8 Å². The number of rotatable bonds is 42. The molecule has 45 nitrogen and oxygen atoms in total. The number of H-pyrrole nitrogens is 3. The van der Waals surface area contributed by atoms with Crippen LogP contribution in [0.5, 0.6) is 28.7 Å². The maximum absolute atomic E-state index is 14.8. The third-order valence-corrected chi connectivity index (χ3v) is 27.4. The van der Waals surface area contributed by atoms with E-state index in [1.54, 1.807) is 74.5 Å². The summed E-state index contributed by atoms with van der Waals surface area (Å²) in [4.78, 5) is 128. The number of hydrogen-bond donors (Lipinski definition) is 10. The second-order valence-electron chi connectivity index (χ2n) is 35.1. The Labute approximate surface area is 826 Å². The fourth-order valence-corrected chi connectivity index (χ4v) is 19.6. The molecule has 54 heteroatoms. The second-order valence-corrected chi connectivity index (χ2v) is 41.8. The van der Waals surface area contributed by atoms with Gasteiger partial charge in [0.05, 0.1) is 64.5 Å². The van der Waals surface area contributed by atoms with Crippen LogP contribution in [0.15, 0.2) is 187 Å². The molecule has 145 heavy (non-hydrogen) atoms. The first-order valence-corrected chi connectivity index (χ1v) is 50.8. The molecule has 10 N–H and O–H groups in total. The van der Waals surface area contributed by atoms with E-state index in [1.807, 2.05) is 58.7 Å². The number of carbonyl (C=O) groups is 4. The summed E-state index contributed by atoms with van der Waals surface area (Å²) in [5.74, 6) is -16.4. The van der Waals surface area contributed by atoms with E-state index < -0.39 is 239 Å². The predicted molar refractivity (Wildman–Crippen MR) is 502 cm³/mol. The molecule has 0 radical (unpaired) electrons. The Morgan fingerprint density at radius 3 is 0.959 bits per heavy atom. The highest BCUT2D eigenvalue weighted by molar-refractivity contribution is 7.53. The molecule has 0 aliphatic carbocycles. The highest BCUT2D eigenvalue weighted by Gasteiger charge is 2.61. The number of aromatic nitrogens is 6. The smallest absolute Gasteiger partial charge is 0.464 e. The van der Waals surface area contributed by atoms with Gasteiger partial charge in [-0.2, -0.15) is 44.9 Å². The van der Waals surface area contributed by atoms with Crippen molar-refractivity contribution in [1.29, 1.82) is 15.8 Å². The van der Waals surface area contributed by atoms with Gasteiger partial charge in [-0.05, 0) is 121 Å². The van der Waals surface area contributed by atoms with Gasteiger partial charge in [0.2, 0.25) is 34.8 Å². The summed E-state index contributed by atoms with van der Waals surface area (Å²) in [5.41, 5.74) is -9.47. The van der Waals surface area contributed by atoms with Gasteiger partial charge < -0.3 is 71.1 Å². The van der Waals surface area contributed by atoms with Gasteiger partial charge in [0, 0.05) is 36.8 Å². The molecule has 3 unspecified atom stereocenters. The number of halogens is 5. The van der Waals surface area contributed by atoms with Crippen LogP contribution in [0.4, 0.5) is 22.0 Å². The molecule has 788 valence electrons. The Hall–Kier alpha value is -12.5. The molecule has 20 atom stereocenters. The first-order chi connectivity index (χ1) is 68.1. The highest BCUT2D eigenvalue weighted by atomic mass is 31.2. The van der Waals surface area contributed by atoms with Gasteiger partial charge >= 0.3 is 71.9 Å². The van der Waals surface area contributed by atoms with Crippen molar-refractivity contribution in [3.8, 4) is 47.0 Å². The van der Waals surface area contributed by atoms with Gasteiger partial charge in [-0.3, -0.25) is 75.8 Å². The van der Waals surface area contributed by atoms with Crippen molar-refractivity contribution in [2.75, 3.05) is 46.2 Å². The van der Waals surface area contributed by atoms with Gasteiger partial charge in [-0.1, -0.05) is 128 Å². The minimum absolute atomic E-state index is 0.00391. The van der Waals surface area contributed by atoms with Crippen molar-refractivity contribution >= 4 is 54.9 Å². The number of para-hydroxylation sites is 4. The Balaban J connectivity index is 0.000000253. The van der Waals surface area contributed by atoms with E-state index in [0.717, 1.165) is 44.3 Å². The lowest BCUT2D eigenvalue weighted by atomic mass is 9.84. The van der Waals surface area contributed by atoms with Crippen LogP contribution in [0.1, 0.15) is 123 Å². The molecule has 8 aromatic rings. The molecule has 0 bridgehead atoms. The Bertz CT molecular complexity index is 6470. The zero-order chi connectivity index (χ0) is 108. The zero-order valence-electron chi connectivity index (χ0n) is 80.8. The third kappa shape index (κ3) is 31.8. The number of esters is 4. The van der Waals surface area contributed by atoms with Crippen LogP contribution < -0.4 is 76.7 Å². The van der Waals surface area contributed by atoms with E-state index in [9.17, 15) is 114 Å². The maximum Gasteiger partial charge on any atom is 0.513 e. The van der Waals surface area contributed by atoms with Gasteiger partial charge in [0.25, 0.3) is 16.7 Å². The molecule has 11 rings (SSSR count). The number of aliphatic hydroxyl groups is 3. The first-order valence-electron chi connectivity index (χ1n) is 44.6. The maximum atomic E-state index is 14.8. The zero-order valence-corrected chi connectivity index (χ0v) is 84.4. The lowest BCUT2D eigenvalue weighted by Gasteiger charge is -2.32. The van der Waals surface area contributed by atoms with E-state index in [0.29, 0.717) is 0 Å². The largest absolute Gasteiger partial charge is 0.513 e. The lowest BCUT2D eigenvalue weighted by Crippen LogP contribution is -2.44. The van der Waals surface area contributed by atoms with Crippen LogP contribution in [-0.2, 0) is 84.2 Å². The number of ether oxygens (including phenoxy) is 7. The van der Waals surface area contributed by atoms with Crippen LogP contribution in [-0.4, -0.2) is 175 Å². The third-order valence-electron chi connectivity index (χ3n) is 20.9. The fourth-order valence-electron chi connectivity index (χ4n) is 13.3. The summed E-state index contributed by atoms with van der Waals surface area (Å²) in [6, 6.07) is 35.1. The standard InChI is InChI=1S/C37H49N5O13P2.C24H31N4O9P.C19H19F5NO5P.C11H13N3O5/c1-24(2)20-49-33(44)26(5)40-56(47,53-28-14-10-8-11-15-28)51-22-30-32(37(7,23-38)35(52-30)42-19-18-31(43)39-36(42)46)55-57(48,54-29-16-12-9-13-17-29)41-27(6)34(45)50-21-25(3)4;1-15(2)12-34-21(31)16(3)27-38(33,37-17-8-6-5-7-9-17)35-13-18-20(30)24(4,14-25)22(36-18)28-11-10-19(29)26-23(28)32;1-10(2)9-28-19(26)11(3)25-31(27,29-12-7-5-4-6-8-12)30-18-16(23)14(21)13(20)15(22)17(18)24;1-11(5-12)8(17)6(4-15)19-9(11)14-3-2-7(16)13-10(14)18/h8-19,24-27,30,32,35H,20-22H2,1-7H3,(H,40,47)(H,41,48)(H,39,43,46);5-11,15-16,18,20,22,30H,12-13H2,1-4H3,(H,27,33)(H,26,29,32);4-8,10-11H,9H2,1-3H3,(H,25,27);2-3,6,8-9,15,17H,4H2,1H3,(H,13,16,18)/t26-,27-,30+,32+,35+,37+,56?,57?;16-,18+,20+,22+,24+,38+;11-,31?;6-,8-,9-,11-/m0001/s1. The van der Waals surface area contributed by atoms with Crippen LogP contribution in [0.2, 0.25) is 0 Å². The molecular formula is C91H112F5N13O32P4. The predicted octanol–water partition coefficient (Wildman–Crippen LogP) is 10.2. The molecule has 3 aliphatic heterocycles. The van der Waals surface area contributed by atoms with Crippen LogP contribution in [0, 0.1) is 103 Å². The molecular weight excluding hydrogens is 2010 g/mol. The van der Waals surface area contributed by atoms with Gasteiger partial charge in [0.15, 0.2) is 18.7 Å². The molecule has 6 heterocycles. The fraction of sp³-hybridized carbons (Fsp3) is 0.462. The minimum Gasteiger partial charge on any atom is -0.464 e. The topological polar surface area (TPSA) is 620 Å². The average Bonchev–Trinajstić information content (AvgIpc) is 1.58. The molecule has 5 aromatic carbocycles. The van der Waals surface area contributed by atoms with Crippen molar-refractivity contribution in [2.45, 2.75) is 183 Å². The number of nitriles is 3. The van der Waals surface area contributed by atoms with Crippen molar-refractivity contribution < 1.29 is 144 Å². The van der Waals surface area contributed by atoms with Crippen LogP contribution in [0.25, 0.3) is 0 Å². The van der Waals surface area contributed by atoms with E-state index in [4.69, 9.17) is 69.9 Å². The van der Waals surface area contributed by atoms with Crippen molar-refractivity contribution in [2.24, 2.45) is 39.9 Å². The summed E-state index contributed by atoms with van der Waals surface area (Å²) in [5, 5.41) is 69.6. The molecule has 3 aromatic heterocycles. The highest BCUT2D eigenvalue weighted by Crippen LogP contribution is 2.57. The normalized spacial score (nSPS) is 22.9. The molecule has 3 aliphatic rings. The molecule has 3 saturated heterocycles. The van der Waals surface area contributed by atoms with E-state index in [1.165, 1.54) is 115 Å². The molecule has 0 saturated carbocycles. The summed E-state index contributed by atoms with van der Waals surface area (Å²) < 4.78 is 210. The molecule has 0 spiro atoms. The number of carbonyl (C=O) groups excluding carboxylic acids is 4. The Morgan fingerprint density at radius 2 is 0.655 bits per heavy atom. The summed E-state index contributed by atoms with van der Waals surface area (Å²) in [6.45, 7) is 22.8. The SMILES string of the molecule is CC(C)COC(=O)[C@H](C)NP(=O)(OC[C@H]1O[C@@H](n2ccc(=O)[nH]c2=O)[C@](C)(C#N)[C@@H]1OP(=O)(N[C@@H](C)C(=O)OCC(C)C)Oc1ccccc1)Oc1ccccc1.CC(C)COC(=O)[C@H](C)NP(=O)(Oc1ccccc1)Oc1c(F)c(F)c(F)c(F)c1F.CC(C)COC(=O)[C@H](C)N[P@@](=O)(OC[C@H]1O[C@@H](n2ccc(=O)[nH]c2=O)[C@](C)(C#N)[C@@H]1O)Oc1ccccc1.C[C@@]1(C#N)[C@H](O)[C@@H](CO)O[C@H]1n1ccc(=O)[nH]c1=O. The summed E-state index contributed by atoms with van der Waals surface area (Å²) >= 11 is 0. The minimum atomic E-state index is -4.92. The Morgan fingerprint density at radius 1 is 0.393 bits per heavy atom.